The van der Waals surface area contributed by atoms with Gasteiger partial charge in [0.1, 0.15) is 0 Å². The van der Waals surface area contributed by atoms with Crippen LogP contribution in [0.3, 0.4) is 0 Å². The Morgan fingerprint density at radius 2 is 2.23 bits per heavy atom. The summed E-state index contributed by atoms with van der Waals surface area (Å²) in [6.45, 7) is 2.16. The van der Waals surface area contributed by atoms with Crippen molar-refractivity contribution in [3.05, 3.63) is 41.7 Å². The Bertz CT molecular complexity index is 361. The second kappa shape index (κ2) is 3.56. The lowest BCUT2D eigenvalue weighted by Gasteiger charge is -2.07. The number of aromatic nitrogens is 1. The first-order chi connectivity index (χ1) is 6.38. The maximum Gasteiger partial charge on any atom is 0.0346 e. The minimum atomic E-state index is 1.13. The lowest BCUT2D eigenvalue weighted by atomic mass is 9.99. The van der Waals surface area contributed by atoms with Crippen molar-refractivity contribution in [3.63, 3.8) is 0 Å². The third-order valence-electron chi connectivity index (χ3n) is 2.36. The van der Waals surface area contributed by atoms with Gasteiger partial charge in [0.25, 0.3) is 0 Å². The highest BCUT2D eigenvalue weighted by atomic mass is 14.6. The third-order valence-corrected chi connectivity index (χ3v) is 2.36. The predicted octanol–water partition coefficient (Wildman–Crippen LogP) is 3.29. The van der Waals surface area contributed by atoms with E-state index in [0.29, 0.717) is 0 Å². The fourth-order valence-corrected chi connectivity index (χ4v) is 1.61. The summed E-state index contributed by atoms with van der Waals surface area (Å²) in [5.74, 6) is 0. The van der Waals surface area contributed by atoms with Gasteiger partial charge in [0.2, 0.25) is 0 Å². The van der Waals surface area contributed by atoms with Gasteiger partial charge in [-0.3, -0.25) is 4.98 Å². The molecule has 1 aromatic rings. The van der Waals surface area contributed by atoms with Crippen LogP contribution >= 0.6 is 0 Å². The first-order valence-electron chi connectivity index (χ1n) is 4.65. The molecule has 1 heteroatoms. The quantitative estimate of drug-likeness (QED) is 0.583. The topological polar surface area (TPSA) is 12.9 Å². The van der Waals surface area contributed by atoms with Gasteiger partial charge in [-0.2, -0.15) is 0 Å². The summed E-state index contributed by atoms with van der Waals surface area (Å²) in [6, 6.07) is 2.08. The highest BCUT2D eigenvalue weighted by molar-refractivity contribution is 5.73. The second-order valence-corrected chi connectivity index (χ2v) is 3.33. The number of hydrogen-bond donors (Lipinski definition) is 0. The van der Waals surface area contributed by atoms with Crippen molar-refractivity contribution in [2.24, 2.45) is 0 Å². The standard InChI is InChI=1S/C12H13N/c1-10-5-3-2-4-6-11-9-13-8-7-12(10)11/h4-9H,2-3H2,1H3/b6-4-,10-5-. The normalized spacial score (nSPS) is 22.1. The van der Waals surface area contributed by atoms with E-state index < -0.39 is 0 Å². The van der Waals surface area contributed by atoms with E-state index in [1.54, 1.807) is 0 Å². The molecule has 0 amide bonds. The molecule has 1 heterocycles. The van der Waals surface area contributed by atoms with Crippen molar-refractivity contribution in [3.8, 4) is 0 Å². The van der Waals surface area contributed by atoms with Gasteiger partial charge in [0.15, 0.2) is 0 Å². The van der Waals surface area contributed by atoms with Crippen LogP contribution in [0, 0.1) is 0 Å². The van der Waals surface area contributed by atoms with E-state index in [2.05, 4.69) is 36.2 Å². The van der Waals surface area contributed by atoms with E-state index in [9.17, 15) is 0 Å². The van der Waals surface area contributed by atoms with Crippen molar-refractivity contribution in [2.75, 3.05) is 0 Å². The van der Waals surface area contributed by atoms with Crippen LogP contribution in [0.4, 0.5) is 0 Å². The fraction of sp³-hybridized carbons (Fsp3) is 0.250. The molecule has 0 radical (unpaired) electrons. The smallest absolute Gasteiger partial charge is 0.0346 e. The first-order valence-corrected chi connectivity index (χ1v) is 4.65. The zero-order chi connectivity index (χ0) is 9.10. The molecule has 0 spiro atoms. The van der Waals surface area contributed by atoms with Gasteiger partial charge in [-0.05, 0) is 42.5 Å². The molecule has 1 aliphatic carbocycles. The van der Waals surface area contributed by atoms with Crippen LogP contribution in [0.2, 0.25) is 0 Å². The molecule has 0 fully saturated rings. The Kier molecular flexibility index (Phi) is 2.26. The van der Waals surface area contributed by atoms with E-state index in [1.165, 1.54) is 16.7 Å². The molecule has 13 heavy (non-hydrogen) atoms. The van der Waals surface area contributed by atoms with Crippen LogP contribution < -0.4 is 0 Å². The molecule has 0 atom stereocenters. The van der Waals surface area contributed by atoms with Crippen LogP contribution in [-0.4, -0.2) is 4.98 Å². The molecule has 66 valence electrons. The molecular weight excluding hydrogens is 158 g/mol. The van der Waals surface area contributed by atoms with E-state index in [4.69, 9.17) is 0 Å². The van der Waals surface area contributed by atoms with Crippen molar-refractivity contribution < 1.29 is 0 Å². The van der Waals surface area contributed by atoms with Gasteiger partial charge < -0.3 is 0 Å². The number of nitrogens with zero attached hydrogens (tertiary/aromatic N) is 1. The molecule has 0 N–H and O–H groups in total. The van der Waals surface area contributed by atoms with Crippen LogP contribution in [0.1, 0.15) is 30.9 Å². The number of rotatable bonds is 0. The maximum absolute atomic E-state index is 4.13. The molecule has 1 aromatic heterocycles. The zero-order valence-electron chi connectivity index (χ0n) is 7.83. The maximum atomic E-state index is 4.13. The zero-order valence-corrected chi connectivity index (χ0v) is 7.83. The Labute approximate surface area is 78.8 Å². The monoisotopic (exact) mass is 171 g/mol. The van der Waals surface area contributed by atoms with Crippen molar-refractivity contribution in [1.82, 2.24) is 4.98 Å². The average molecular weight is 171 g/mol. The second-order valence-electron chi connectivity index (χ2n) is 3.33. The highest BCUT2D eigenvalue weighted by Crippen LogP contribution is 2.22. The molecule has 0 saturated carbocycles. The Balaban J connectivity index is 2.55. The van der Waals surface area contributed by atoms with Crippen LogP contribution in [-0.2, 0) is 0 Å². The summed E-state index contributed by atoms with van der Waals surface area (Å²) >= 11 is 0. The third kappa shape index (κ3) is 1.69. The van der Waals surface area contributed by atoms with Crippen LogP contribution in [0.5, 0.6) is 0 Å². The van der Waals surface area contributed by atoms with Crippen molar-refractivity contribution >= 4 is 11.6 Å². The largest absolute Gasteiger partial charge is 0.264 e. The molecule has 1 nitrogen and oxygen atoms in total. The van der Waals surface area contributed by atoms with E-state index in [1.807, 2.05) is 12.4 Å². The Hall–Kier alpha value is -1.37. The summed E-state index contributed by atoms with van der Waals surface area (Å²) in [5.41, 5.74) is 3.91. The summed E-state index contributed by atoms with van der Waals surface area (Å²) in [6.07, 6.45) is 12.7. The lowest BCUT2D eigenvalue weighted by Crippen LogP contribution is -1.89. The van der Waals surface area contributed by atoms with Gasteiger partial charge >= 0.3 is 0 Å². The minimum absolute atomic E-state index is 1.13. The van der Waals surface area contributed by atoms with Crippen LogP contribution in [0.25, 0.3) is 11.6 Å². The summed E-state index contributed by atoms with van der Waals surface area (Å²) in [4.78, 5) is 4.13. The van der Waals surface area contributed by atoms with Gasteiger partial charge in [-0.25, -0.2) is 0 Å². The number of allylic oxidation sites excluding steroid dienone is 3. The molecular formula is C12H13N. The van der Waals surface area contributed by atoms with E-state index in [0.717, 1.165) is 12.8 Å². The molecule has 0 saturated heterocycles. The first kappa shape index (κ1) is 8.24. The fourth-order valence-electron chi connectivity index (χ4n) is 1.61. The van der Waals surface area contributed by atoms with Crippen LogP contribution in [0.15, 0.2) is 30.6 Å². The molecule has 2 rings (SSSR count). The SMILES string of the molecule is C/C1=C/CC/C=C\c2cnccc21. The van der Waals surface area contributed by atoms with Crippen molar-refractivity contribution in [2.45, 2.75) is 19.8 Å². The minimum Gasteiger partial charge on any atom is -0.264 e. The summed E-state index contributed by atoms with van der Waals surface area (Å²) < 4.78 is 0. The summed E-state index contributed by atoms with van der Waals surface area (Å²) in [7, 11) is 0. The number of hydrogen-bond acceptors (Lipinski definition) is 1. The molecule has 1 aliphatic rings. The number of fused-ring (bicyclic) bond motifs is 1. The molecule has 0 aliphatic heterocycles. The Morgan fingerprint density at radius 1 is 1.31 bits per heavy atom. The average Bonchev–Trinajstić information content (AvgIpc) is 2.14. The van der Waals surface area contributed by atoms with E-state index in [-0.39, 0.29) is 0 Å². The number of pyridine rings is 1. The lowest BCUT2D eigenvalue weighted by molar-refractivity contribution is 1.05. The predicted molar refractivity (Wildman–Crippen MR) is 56.2 cm³/mol. The Morgan fingerprint density at radius 3 is 3.15 bits per heavy atom. The van der Waals surface area contributed by atoms with Gasteiger partial charge in [0.05, 0.1) is 0 Å². The highest BCUT2D eigenvalue weighted by Gasteiger charge is 2.02. The molecule has 0 unspecified atom stereocenters. The van der Waals surface area contributed by atoms with Gasteiger partial charge in [-0.15, -0.1) is 0 Å². The molecule has 0 aromatic carbocycles. The molecule has 0 bridgehead atoms. The van der Waals surface area contributed by atoms with Gasteiger partial charge in [-0.1, -0.05) is 18.2 Å². The van der Waals surface area contributed by atoms with Crippen molar-refractivity contribution in [1.29, 1.82) is 0 Å². The van der Waals surface area contributed by atoms with E-state index >= 15 is 0 Å². The summed E-state index contributed by atoms with van der Waals surface area (Å²) in [5, 5.41) is 0. The van der Waals surface area contributed by atoms with Gasteiger partial charge in [0, 0.05) is 12.4 Å².